The summed E-state index contributed by atoms with van der Waals surface area (Å²) in [5.41, 5.74) is -0.165. The molecule has 1 aromatic heterocycles. The van der Waals surface area contributed by atoms with Gasteiger partial charge in [-0.25, -0.2) is 0 Å². The summed E-state index contributed by atoms with van der Waals surface area (Å²) in [7, 11) is 0. The Morgan fingerprint density at radius 1 is 1.30 bits per heavy atom. The number of furan rings is 1. The molecule has 0 N–H and O–H groups in total. The van der Waals surface area contributed by atoms with Crippen LogP contribution in [0.25, 0.3) is 0 Å². The number of rotatable bonds is 3. The van der Waals surface area contributed by atoms with Crippen LogP contribution in [0.3, 0.4) is 0 Å². The molecule has 0 saturated carbocycles. The largest absolute Gasteiger partial charge is 0.468 e. The van der Waals surface area contributed by atoms with Gasteiger partial charge in [0, 0.05) is 58.0 Å². The van der Waals surface area contributed by atoms with E-state index in [9.17, 15) is 9.59 Å². The van der Waals surface area contributed by atoms with Crippen molar-refractivity contribution < 1.29 is 14.0 Å². The van der Waals surface area contributed by atoms with Gasteiger partial charge in [-0.3, -0.25) is 14.5 Å². The Kier molecular flexibility index (Phi) is 4.43. The van der Waals surface area contributed by atoms with E-state index in [0.29, 0.717) is 19.5 Å². The first-order valence-electron chi connectivity index (χ1n) is 8.29. The van der Waals surface area contributed by atoms with Crippen LogP contribution in [0, 0.1) is 5.41 Å². The first-order chi connectivity index (χ1) is 11.0. The van der Waals surface area contributed by atoms with Crippen LogP contribution in [0.15, 0.2) is 22.8 Å². The molecule has 0 aromatic carbocycles. The molecule has 2 aliphatic heterocycles. The molecule has 0 unspecified atom stereocenters. The van der Waals surface area contributed by atoms with Crippen molar-refractivity contribution in [3.63, 3.8) is 0 Å². The molecule has 0 radical (unpaired) electrons. The first-order valence-corrected chi connectivity index (χ1v) is 8.29. The lowest BCUT2D eigenvalue weighted by molar-refractivity contribution is -0.130. The molecule has 6 nitrogen and oxygen atoms in total. The van der Waals surface area contributed by atoms with Gasteiger partial charge < -0.3 is 14.2 Å². The van der Waals surface area contributed by atoms with Crippen LogP contribution in [0.5, 0.6) is 0 Å². The standard InChI is InChI=1S/C17H25N3O3/c1-3-19-12-17(9-16(19)22)11-18(10-15-5-4-8-23-15)6-7-20(13-17)14(2)21/h4-5,8H,3,6-7,9-13H2,1-2H3/t17-/m1/s1. The molecule has 2 fully saturated rings. The summed E-state index contributed by atoms with van der Waals surface area (Å²) in [6, 6.07) is 3.86. The van der Waals surface area contributed by atoms with Crippen LogP contribution in [-0.4, -0.2) is 65.8 Å². The van der Waals surface area contributed by atoms with Crippen LogP contribution < -0.4 is 0 Å². The average Bonchev–Trinajstić information content (AvgIpc) is 3.06. The number of carbonyl (C=O) groups excluding carboxylic acids is 2. The minimum absolute atomic E-state index is 0.0895. The molecular formula is C17H25N3O3. The molecule has 2 aliphatic rings. The highest BCUT2D eigenvalue weighted by Gasteiger charge is 2.46. The fraction of sp³-hybridized carbons (Fsp3) is 0.647. The molecule has 3 rings (SSSR count). The van der Waals surface area contributed by atoms with E-state index >= 15 is 0 Å². The molecular weight excluding hydrogens is 294 g/mol. The monoisotopic (exact) mass is 319 g/mol. The van der Waals surface area contributed by atoms with Gasteiger partial charge in [-0.2, -0.15) is 0 Å². The van der Waals surface area contributed by atoms with Crippen molar-refractivity contribution in [2.75, 3.05) is 39.3 Å². The van der Waals surface area contributed by atoms with E-state index in [1.807, 2.05) is 28.9 Å². The zero-order valence-corrected chi connectivity index (χ0v) is 14.0. The second-order valence-corrected chi connectivity index (χ2v) is 6.82. The van der Waals surface area contributed by atoms with E-state index in [0.717, 1.165) is 38.5 Å². The summed E-state index contributed by atoms with van der Waals surface area (Å²) in [5.74, 6) is 1.22. The van der Waals surface area contributed by atoms with Gasteiger partial charge in [0.25, 0.3) is 0 Å². The van der Waals surface area contributed by atoms with Gasteiger partial charge in [0.05, 0.1) is 12.8 Å². The normalized spacial score (nSPS) is 26.1. The van der Waals surface area contributed by atoms with Crippen molar-refractivity contribution in [1.29, 1.82) is 0 Å². The van der Waals surface area contributed by atoms with E-state index in [1.54, 1.807) is 13.2 Å². The van der Waals surface area contributed by atoms with Gasteiger partial charge in [0.1, 0.15) is 5.76 Å². The van der Waals surface area contributed by atoms with Crippen molar-refractivity contribution in [2.45, 2.75) is 26.8 Å². The van der Waals surface area contributed by atoms with Gasteiger partial charge in [-0.15, -0.1) is 0 Å². The Morgan fingerprint density at radius 2 is 2.13 bits per heavy atom. The van der Waals surface area contributed by atoms with E-state index in [-0.39, 0.29) is 17.2 Å². The maximum Gasteiger partial charge on any atom is 0.223 e. The second-order valence-electron chi connectivity index (χ2n) is 6.82. The third kappa shape index (κ3) is 3.42. The highest BCUT2D eigenvalue weighted by molar-refractivity contribution is 5.80. The van der Waals surface area contributed by atoms with Crippen molar-refractivity contribution in [3.8, 4) is 0 Å². The van der Waals surface area contributed by atoms with Crippen LogP contribution in [0.4, 0.5) is 0 Å². The van der Waals surface area contributed by atoms with Crippen LogP contribution in [0.2, 0.25) is 0 Å². The Morgan fingerprint density at radius 3 is 2.74 bits per heavy atom. The highest BCUT2D eigenvalue weighted by Crippen LogP contribution is 2.35. The summed E-state index contributed by atoms with van der Waals surface area (Å²) in [4.78, 5) is 30.3. The SMILES string of the molecule is CCN1C[C@@]2(CC1=O)CN(Cc1ccco1)CCN(C(C)=O)C2. The second kappa shape index (κ2) is 6.35. The molecule has 1 spiro atoms. The molecule has 1 aromatic rings. The fourth-order valence-corrected chi connectivity index (χ4v) is 3.86. The van der Waals surface area contributed by atoms with Crippen LogP contribution >= 0.6 is 0 Å². The Bertz CT molecular complexity index is 572. The van der Waals surface area contributed by atoms with E-state index in [4.69, 9.17) is 4.42 Å². The number of likely N-dealkylation sites (tertiary alicyclic amines) is 1. The predicted molar refractivity (Wildman–Crippen MR) is 85.5 cm³/mol. The topological polar surface area (TPSA) is 57.0 Å². The predicted octanol–water partition coefficient (Wildman–Crippen LogP) is 1.18. The third-order valence-corrected chi connectivity index (χ3v) is 4.96. The molecule has 0 bridgehead atoms. The van der Waals surface area contributed by atoms with E-state index < -0.39 is 0 Å². The van der Waals surface area contributed by atoms with E-state index in [2.05, 4.69) is 4.90 Å². The lowest BCUT2D eigenvalue weighted by Crippen LogP contribution is -2.43. The fourth-order valence-electron chi connectivity index (χ4n) is 3.86. The molecule has 2 saturated heterocycles. The molecule has 3 heterocycles. The Hall–Kier alpha value is -1.82. The maximum absolute atomic E-state index is 12.3. The molecule has 23 heavy (non-hydrogen) atoms. The van der Waals surface area contributed by atoms with Gasteiger partial charge in [0.15, 0.2) is 0 Å². The minimum atomic E-state index is -0.165. The summed E-state index contributed by atoms with van der Waals surface area (Å²) in [6.07, 6.45) is 2.21. The molecule has 1 atom stereocenters. The molecule has 2 amide bonds. The number of nitrogens with zero attached hydrogens (tertiary/aromatic N) is 3. The summed E-state index contributed by atoms with van der Waals surface area (Å²) in [5, 5.41) is 0. The van der Waals surface area contributed by atoms with Crippen molar-refractivity contribution in [2.24, 2.45) is 5.41 Å². The van der Waals surface area contributed by atoms with Gasteiger partial charge in [-0.05, 0) is 19.1 Å². The van der Waals surface area contributed by atoms with Crippen molar-refractivity contribution >= 4 is 11.8 Å². The Labute approximate surface area is 137 Å². The molecule has 126 valence electrons. The van der Waals surface area contributed by atoms with E-state index in [1.165, 1.54) is 0 Å². The van der Waals surface area contributed by atoms with Gasteiger partial charge >= 0.3 is 0 Å². The Balaban J connectivity index is 1.80. The molecule has 6 heteroatoms. The lowest BCUT2D eigenvalue weighted by Gasteiger charge is -2.33. The summed E-state index contributed by atoms with van der Waals surface area (Å²) < 4.78 is 5.47. The average molecular weight is 319 g/mol. The quantitative estimate of drug-likeness (QED) is 0.839. The van der Waals surface area contributed by atoms with Crippen molar-refractivity contribution in [3.05, 3.63) is 24.2 Å². The van der Waals surface area contributed by atoms with Crippen LogP contribution in [0.1, 0.15) is 26.0 Å². The third-order valence-electron chi connectivity index (χ3n) is 4.96. The smallest absolute Gasteiger partial charge is 0.223 e. The number of carbonyl (C=O) groups is 2. The van der Waals surface area contributed by atoms with Crippen molar-refractivity contribution in [1.82, 2.24) is 14.7 Å². The van der Waals surface area contributed by atoms with Crippen LogP contribution in [-0.2, 0) is 16.1 Å². The summed E-state index contributed by atoms with van der Waals surface area (Å²) >= 11 is 0. The lowest BCUT2D eigenvalue weighted by atomic mass is 9.86. The zero-order chi connectivity index (χ0) is 16.4. The number of hydrogen-bond donors (Lipinski definition) is 0. The number of hydrogen-bond acceptors (Lipinski definition) is 4. The maximum atomic E-state index is 12.3. The highest BCUT2D eigenvalue weighted by atomic mass is 16.3. The number of amides is 2. The first kappa shape index (κ1) is 16.1. The molecule has 0 aliphatic carbocycles. The summed E-state index contributed by atoms with van der Waals surface area (Å²) in [6.45, 7) is 8.82. The van der Waals surface area contributed by atoms with Gasteiger partial charge in [0.2, 0.25) is 11.8 Å². The zero-order valence-electron chi connectivity index (χ0n) is 14.0. The van der Waals surface area contributed by atoms with Gasteiger partial charge in [-0.1, -0.05) is 0 Å². The minimum Gasteiger partial charge on any atom is -0.468 e.